The molecule has 0 spiro atoms. The zero-order valence-corrected chi connectivity index (χ0v) is 12.9. The first-order valence-electron chi connectivity index (χ1n) is 7.91. The predicted octanol–water partition coefficient (Wildman–Crippen LogP) is 1.76. The third-order valence-corrected chi connectivity index (χ3v) is 4.77. The van der Waals surface area contributed by atoms with E-state index in [-0.39, 0.29) is 17.9 Å². The van der Waals surface area contributed by atoms with Gasteiger partial charge in [-0.3, -0.25) is 14.5 Å². The highest BCUT2D eigenvalue weighted by Gasteiger charge is 2.33. The summed E-state index contributed by atoms with van der Waals surface area (Å²) < 4.78 is 0. The van der Waals surface area contributed by atoms with Crippen LogP contribution in [0.4, 0.5) is 5.69 Å². The highest BCUT2D eigenvalue weighted by Crippen LogP contribution is 2.30. The zero-order valence-electron chi connectivity index (χ0n) is 12.9. The number of likely N-dealkylation sites (tertiary alicyclic amines) is 1. The number of benzene rings is 1. The van der Waals surface area contributed by atoms with Gasteiger partial charge >= 0.3 is 5.97 Å². The molecule has 22 heavy (non-hydrogen) atoms. The smallest absolute Gasteiger partial charge is 0.307 e. The van der Waals surface area contributed by atoms with Crippen LogP contribution < -0.4 is 4.90 Å². The molecular weight excluding hydrogens is 280 g/mol. The van der Waals surface area contributed by atoms with Gasteiger partial charge in [0.25, 0.3) is 0 Å². The molecule has 1 saturated heterocycles. The lowest BCUT2D eigenvalue weighted by molar-refractivity contribution is -0.141. The molecule has 1 N–H and O–H groups in total. The lowest BCUT2D eigenvalue weighted by Crippen LogP contribution is -2.46. The van der Waals surface area contributed by atoms with Gasteiger partial charge in [0.2, 0.25) is 5.91 Å². The topological polar surface area (TPSA) is 60.9 Å². The number of para-hydroxylation sites is 1. The molecule has 1 fully saturated rings. The van der Waals surface area contributed by atoms with Crippen molar-refractivity contribution >= 4 is 17.6 Å². The molecule has 3 rings (SSSR count). The summed E-state index contributed by atoms with van der Waals surface area (Å²) >= 11 is 0. The minimum absolute atomic E-state index is 0.0747. The number of aryl methyl sites for hydroxylation is 1. The second-order valence-electron chi connectivity index (χ2n) is 6.34. The number of carboxylic acids is 1. The number of rotatable bonds is 3. The number of carbonyl (C=O) groups excluding carboxylic acids is 1. The third kappa shape index (κ3) is 2.86. The van der Waals surface area contributed by atoms with Gasteiger partial charge in [0.15, 0.2) is 0 Å². The molecule has 5 heteroatoms. The van der Waals surface area contributed by atoms with Crippen molar-refractivity contribution in [2.45, 2.75) is 32.2 Å². The van der Waals surface area contributed by atoms with Crippen molar-refractivity contribution in [3.63, 3.8) is 0 Å². The summed E-state index contributed by atoms with van der Waals surface area (Å²) in [6.07, 6.45) is 2.61. The number of fused-ring (bicyclic) bond motifs is 1. The van der Waals surface area contributed by atoms with Crippen molar-refractivity contribution in [2.75, 3.05) is 24.5 Å². The molecule has 2 aliphatic heterocycles. The van der Waals surface area contributed by atoms with E-state index in [0.29, 0.717) is 26.1 Å². The standard InChI is InChI=1S/C17H22N2O3/c1-12-6-7-13-4-2-3-5-15(13)19(12)16(20)11-18-9-8-14(10-18)17(21)22/h2-5,12,14H,6-11H2,1H3,(H,21,22). The van der Waals surface area contributed by atoms with Gasteiger partial charge in [0.05, 0.1) is 12.5 Å². The van der Waals surface area contributed by atoms with Gasteiger partial charge in [0, 0.05) is 18.3 Å². The molecular formula is C17H22N2O3. The molecule has 0 saturated carbocycles. The van der Waals surface area contributed by atoms with Gasteiger partial charge in [-0.2, -0.15) is 0 Å². The van der Waals surface area contributed by atoms with Crippen LogP contribution in [0.1, 0.15) is 25.3 Å². The number of amides is 1. The maximum absolute atomic E-state index is 12.7. The Hall–Kier alpha value is -1.88. The molecule has 0 aliphatic carbocycles. The Bertz CT molecular complexity index is 587. The average Bonchev–Trinajstić information content (AvgIpc) is 2.95. The van der Waals surface area contributed by atoms with E-state index >= 15 is 0 Å². The van der Waals surface area contributed by atoms with Crippen LogP contribution in [-0.4, -0.2) is 47.6 Å². The zero-order chi connectivity index (χ0) is 15.7. The quantitative estimate of drug-likeness (QED) is 0.924. The highest BCUT2D eigenvalue weighted by molar-refractivity contribution is 5.96. The number of aliphatic carboxylic acids is 1. The lowest BCUT2D eigenvalue weighted by Gasteiger charge is -2.36. The maximum Gasteiger partial charge on any atom is 0.307 e. The normalized spacial score (nSPS) is 25.0. The van der Waals surface area contributed by atoms with Crippen LogP contribution in [0.15, 0.2) is 24.3 Å². The Morgan fingerprint density at radius 1 is 1.27 bits per heavy atom. The van der Waals surface area contributed by atoms with Gasteiger partial charge in [-0.05, 0) is 44.4 Å². The number of hydrogen-bond donors (Lipinski definition) is 1. The summed E-state index contributed by atoms with van der Waals surface area (Å²) in [6, 6.07) is 8.26. The van der Waals surface area contributed by atoms with Crippen molar-refractivity contribution in [1.29, 1.82) is 0 Å². The third-order valence-electron chi connectivity index (χ3n) is 4.77. The summed E-state index contributed by atoms with van der Waals surface area (Å²) in [6.45, 7) is 3.55. The van der Waals surface area contributed by atoms with Crippen molar-refractivity contribution < 1.29 is 14.7 Å². The predicted molar refractivity (Wildman–Crippen MR) is 83.9 cm³/mol. The van der Waals surface area contributed by atoms with Crippen molar-refractivity contribution in [1.82, 2.24) is 4.90 Å². The van der Waals surface area contributed by atoms with Crippen LogP contribution in [-0.2, 0) is 16.0 Å². The van der Waals surface area contributed by atoms with Crippen LogP contribution in [0.3, 0.4) is 0 Å². The molecule has 0 bridgehead atoms. The van der Waals surface area contributed by atoms with E-state index in [9.17, 15) is 9.59 Å². The van der Waals surface area contributed by atoms with Crippen molar-refractivity contribution in [3.8, 4) is 0 Å². The van der Waals surface area contributed by atoms with E-state index in [4.69, 9.17) is 5.11 Å². The molecule has 2 atom stereocenters. The summed E-state index contributed by atoms with van der Waals surface area (Å²) in [7, 11) is 0. The second kappa shape index (κ2) is 6.08. The van der Waals surface area contributed by atoms with Crippen LogP contribution in [0, 0.1) is 5.92 Å². The van der Waals surface area contributed by atoms with Gasteiger partial charge in [-0.25, -0.2) is 0 Å². The first-order chi connectivity index (χ1) is 10.6. The molecule has 118 valence electrons. The highest BCUT2D eigenvalue weighted by atomic mass is 16.4. The van der Waals surface area contributed by atoms with Crippen LogP contribution >= 0.6 is 0 Å². The van der Waals surface area contributed by atoms with E-state index in [0.717, 1.165) is 18.5 Å². The first kappa shape index (κ1) is 15.0. The number of carbonyl (C=O) groups is 2. The fourth-order valence-corrected chi connectivity index (χ4v) is 3.51. The Morgan fingerprint density at radius 3 is 2.77 bits per heavy atom. The van der Waals surface area contributed by atoms with E-state index < -0.39 is 5.97 Å². The first-order valence-corrected chi connectivity index (χ1v) is 7.91. The van der Waals surface area contributed by atoms with E-state index in [1.807, 2.05) is 28.0 Å². The Labute approximate surface area is 130 Å². The molecule has 0 aromatic heterocycles. The van der Waals surface area contributed by atoms with Crippen molar-refractivity contribution in [3.05, 3.63) is 29.8 Å². The molecule has 2 unspecified atom stereocenters. The maximum atomic E-state index is 12.7. The Kier molecular flexibility index (Phi) is 4.16. The summed E-state index contributed by atoms with van der Waals surface area (Å²) in [5.74, 6) is -1.02. The number of anilines is 1. The van der Waals surface area contributed by atoms with Crippen LogP contribution in [0.25, 0.3) is 0 Å². The molecule has 1 amide bonds. The van der Waals surface area contributed by atoms with E-state index in [1.165, 1.54) is 5.56 Å². The molecule has 1 aromatic rings. The molecule has 5 nitrogen and oxygen atoms in total. The van der Waals surface area contributed by atoms with E-state index in [1.54, 1.807) is 0 Å². The van der Waals surface area contributed by atoms with Crippen molar-refractivity contribution in [2.24, 2.45) is 5.92 Å². The Balaban J connectivity index is 1.71. The summed E-state index contributed by atoms with van der Waals surface area (Å²) in [5, 5.41) is 9.06. The minimum atomic E-state index is -0.758. The minimum Gasteiger partial charge on any atom is -0.481 e. The Morgan fingerprint density at radius 2 is 2.05 bits per heavy atom. The molecule has 0 radical (unpaired) electrons. The fourth-order valence-electron chi connectivity index (χ4n) is 3.51. The SMILES string of the molecule is CC1CCc2ccccc2N1C(=O)CN1CCC(C(=O)O)C1. The largest absolute Gasteiger partial charge is 0.481 e. The molecule has 2 heterocycles. The molecule has 2 aliphatic rings. The number of carboxylic acid groups (broad SMARTS) is 1. The lowest BCUT2D eigenvalue weighted by atomic mass is 9.96. The van der Waals surface area contributed by atoms with Crippen LogP contribution in [0.2, 0.25) is 0 Å². The van der Waals surface area contributed by atoms with Gasteiger partial charge < -0.3 is 10.0 Å². The van der Waals surface area contributed by atoms with Gasteiger partial charge in [0.1, 0.15) is 0 Å². The number of nitrogens with zero attached hydrogens (tertiary/aromatic N) is 2. The number of hydrogen-bond acceptors (Lipinski definition) is 3. The molecule has 1 aromatic carbocycles. The fraction of sp³-hybridized carbons (Fsp3) is 0.529. The monoisotopic (exact) mass is 302 g/mol. The van der Waals surface area contributed by atoms with Gasteiger partial charge in [-0.1, -0.05) is 18.2 Å². The van der Waals surface area contributed by atoms with Crippen LogP contribution in [0.5, 0.6) is 0 Å². The second-order valence-corrected chi connectivity index (χ2v) is 6.34. The van der Waals surface area contributed by atoms with Gasteiger partial charge in [-0.15, -0.1) is 0 Å². The van der Waals surface area contributed by atoms with E-state index in [2.05, 4.69) is 13.0 Å². The summed E-state index contributed by atoms with van der Waals surface area (Å²) in [4.78, 5) is 27.6. The average molecular weight is 302 g/mol. The summed E-state index contributed by atoms with van der Waals surface area (Å²) in [5.41, 5.74) is 2.24.